The first-order valence-corrected chi connectivity index (χ1v) is 6.55. The third kappa shape index (κ3) is 2.91. The van der Waals surface area contributed by atoms with Crippen molar-refractivity contribution in [3.8, 4) is 11.5 Å². The lowest BCUT2D eigenvalue weighted by Crippen LogP contribution is -1.89. The second kappa shape index (κ2) is 5.36. The fraction of sp³-hybridized carbons (Fsp3) is 0.125. The van der Waals surface area contributed by atoms with Crippen molar-refractivity contribution < 1.29 is 8.81 Å². The Morgan fingerprint density at radius 2 is 1.86 bits per heavy atom. The number of nitrogens with zero attached hydrogens (tertiary/aromatic N) is 2. The molecule has 106 valence electrons. The summed E-state index contributed by atoms with van der Waals surface area (Å²) in [5.74, 6) is 0.146. The van der Waals surface area contributed by atoms with Gasteiger partial charge in [-0.2, -0.15) is 0 Å². The molecular formula is C16H14FN3O. The molecule has 4 nitrogen and oxygen atoms in total. The Morgan fingerprint density at radius 3 is 2.62 bits per heavy atom. The van der Waals surface area contributed by atoms with E-state index >= 15 is 0 Å². The highest BCUT2D eigenvalue weighted by molar-refractivity contribution is 5.60. The molecule has 0 amide bonds. The highest BCUT2D eigenvalue weighted by atomic mass is 19.1. The third-order valence-corrected chi connectivity index (χ3v) is 3.16. The summed E-state index contributed by atoms with van der Waals surface area (Å²) in [4.78, 5) is 0. The number of halogens is 1. The van der Waals surface area contributed by atoms with Gasteiger partial charge in [0.2, 0.25) is 5.89 Å². The van der Waals surface area contributed by atoms with Gasteiger partial charge < -0.3 is 10.2 Å². The predicted octanol–water partition coefficient (Wildman–Crippen LogP) is 3.36. The number of nitrogen functional groups attached to an aromatic ring is 1. The topological polar surface area (TPSA) is 64.9 Å². The van der Waals surface area contributed by atoms with E-state index in [2.05, 4.69) is 10.2 Å². The molecule has 3 rings (SSSR count). The van der Waals surface area contributed by atoms with E-state index in [1.165, 1.54) is 23.8 Å². The van der Waals surface area contributed by atoms with Gasteiger partial charge in [-0.3, -0.25) is 0 Å². The maximum atomic E-state index is 13.8. The monoisotopic (exact) mass is 283 g/mol. The van der Waals surface area contributed by atoms with E-state index in [9.17, 15) is 4.39 Å². The summed E-state index contributed by atoms with van der Waals surface area (Å²) in [5.41, 5.74) is 8.57. The van der Waals surface area contributed by atoms with Crippen LogP contribution < -0.4 is 5.73 Å². The van der Waals surface area contributed by atoms with E-state index in [0.717, 1.165) is 5.56 Å². The van der Waals surface area contributed by atoms with E-state index in [1.807, 2.05) is 31.2 Å². The summed E-state index contributed by atoms with van der Waals surface area (Å²) in [6, 6.07) is 12.3. The van der Waals surface area contributed by atoms with Gasteiger partial charge in [-0.25, -0.2) is 4.39 Å². The Hall–Kier alpha value is -2.69. The Kier molecular flexibility index (Phi) is 3.39. The molecule has 0 aliphatic heterocycles. The Labute approximate surface area is 121 Å². The largest absolute Gasteiger partial charge is 0.420 e. The predicted molar refractivity (Wildman–Crippen MR) is 78.1 cm³/mol. The third-order valence-electron chi connectivity index (χ3n) is 3.16. The summed E-state index contributed by atoms with van der Waals surface area (Å²) in [6.07, 6.45) is 0.511. The van der Waals surface area contributed by atoms with Crippen LogP contribution in [0.1, 0.15) is 17.0 Å². The molecule has 1 aromatic heterocycles. The summed E-state index contributed by atoms with van der Waals surface area (Å²) < 4.78 is 19.3. The second-order valence-corrected chi connectivity index (χ2v) is 4.90. The first kappa shape index (κ1) is 13.3. The van der Waals surface area contributed by atoms with Gasteiger partial charge in [0.1, 0.15) is 5.82 Å². The van der Waals surface area contributed by atoms with Gasteiger partial charge in [0.05, 0.1) is 12.0 Å². The lowest BCUT2D eigenvalue weighted by molar-refractivity contribution is 0.513. The smallest absolute Gasteiger partial charge is 0.250 e. The molecule has 0 unspecified atom stereocenters. The van der Waals surface area contributed by atoms with E-state index in [-0.39, 0.29) is 11.5 Å². The Morgan fingerprint density at radius 1 is 1.10 bits per heavy atom. The lowest BCUT2D eigenvalue weighted by atomic mass is 10.1. The minimum atomic E-state index is -0.435. The molecule has 5 heteroatoms. The van der Waals surface area contributed by atoms with E-state index in [4.69, 9.17) is 10.2 Å². The first-order valence-electron chi connectivity index (χ1n) is 6.55. The molecule has 0 fully saturated rings. The van der Waals surface area contributed by atoms with Crippen LogP contribution in [-0.4, -0.2) is 10.2 Å². The SMILES string of the molecule is Cc1ccc(Cc2nnc(-c3cc(N)ccc3F)o2)cc1. The van der Waals surface area contributed by atoms with Gasteiger partial charge in [-0.1, -0.05) is 29.8 Å². The number of nitrogens with two attached hydrogens (primary N) is 1. The van der Waals surface area contributed by atoms with Crippen molar-refractivity contribution in [3.05, 3.63) is 65.3 Å². The zero-order chi connectivity index (χ0) is 14.8. The highest BCUT2D eigenvalue weighted by Crippen LogP contribution is 2.24. The molecule has 0 radical (unpaired) electrons. The molecule has 0 atom stereocenters. The van der Waals surface area contributed by atoms with Crippen LogP contribution in [0.2, 0.25) is 0 Å². The maximum absolute atomic E-state index is 13.8. The molecule has 0 saturated heterocycles. The Balaban J connectivity index is 1.86. The van der Waals surface area contributed by atoms with Crippen LogP contribution in [0.5, 0.6) is 0 Å². The normalized spacial score (nSPS) is 10.8. The molecule has 3 aromatic rings. The quantitative estimate of drug-likeness (QED) is 0.748. The molecule has 21 heavy (non-hydrogen) atoms. The number of hydrogen-bond donors (Lipinski definition) is 1. The van der Waals surface area contributed by atoms with Crippen molar-refractivity contribution in [2.24, 2.45) is 0 Å². The molecule has 2 N–H and O–H groups in total. The van der Waals surface area contributed by atoms with Crippen molar-refractivity contribution in [2.45, 2.75) is 13.3 Å². The number of rotatable bonds is 3. The van der Waals surface area contributed by atoms with Gasteiger partial charge in [0.25, 0.3) is 5.89 Å². The van der Waals surface area contributed by atoms with Crippen LogP contribution in [0, 0.1) is 12.7 Å². The summed E-state index contributed by atoms with van der Waals surface area (Å²) >= 11 is 0. The average Bonchev–Trinajstić information content (AvgIpc) is 2.92. The second-order valence-electron chi connectivity index (χ2n) is 4.90. The van der Waals surface area contributed by atoms with Crippen molar-refractivity contribution >= 4 is 5.69 Å². The minimum absolute atomic E-state index is 0.141. The van der Waals surface area contributed by atoms with Crippen LogP contribution in [0.25, 0.3) is 11.5 Å². The highest BCUT2D eigenvalue weighted by Gasteiger charge is 2.13. The lowest BCUT2D eigenvalue weighted by Gasteiger charge is -1.99. The van der Waals surface area contributed by atoms with Gasteiger partial charge in [-0.05, 0) is 30.7 Å². The van der Waals surface area contributed by atoms with Crippen molar-refractivity contribution in [3.63, 3.8) is 0 Å². The van der Waals surface area contributed by atoms with Crippen LogP contribution in [0.4, 0.5) is 10.1 Å². The number of aromatic nitrogens is 2. The fourth-order valence-electron chi connectivity index (χ4n) is 2.02. The average molecular weight is 283 g/mol. The fourth-order valence-corrected chi connectivity index (χ4v) is 2.02. The van der Waals surface area contributed by atoms with Gasteiger partial charge in [0.15, 0.2) is 0 Å². The molecule has 0 aliphatic carbocycles. The summed E-state index contributed by atoms with van der Waals surface area (Å²) in [7, 11) is 0. The van der Waals surface area contributed by atoms with Crippen LogP contribution in [0.3, 0.4) is 0 Å². The summed E-state index contributed by atoms with van der Waals surface area (Å²) in [6.45, 7) is 2.02. The zero-order valence-corrected chi connectivity index (χ0v) is 11.5. The number of benzene rings is 2. The standard InChI is InChI=1S/C16H14FN3O/c1-10-2-4-11(5-3-10)8-15-19-20-16(21-15)13-9-12(18)6-7-14(13)17/h2-7,9H,8,18H2,1H3. The molecule has 0 aliphatic rings. The number of aryl methyl sites for hydroxylation is 1. The van der Waals surface area contributed by atoms with E-state index in [0.29, 0.717) is 18.0 Å². The summed E-state index contributed by atoms with van der Waals surface area (Å²) in [5, 5.41) is 7.85. The van der Waals surface area contributed by atoms with E-state index < -0.39 is 5.82 Å². The number of anilines is 1. The molecule has 1 heterocycles. The zero-order valence-electron chi connectivity index (χ0n) is 11.5. The molecule has 0 spiro atoms. The molecule has 0 saturated carbocycles. The number of hydrogen-bond acceptors (Lipinski definition) is 4. The molecule has 2 aromatic carbocycles. The minimum Gasteiger partial charge on any atom is -0.420 e. The van der Waals surface area contributed by atoms with Crippen LogP contribution in [0.15, 0.2) is 46.9 Å². The molecule has 0 bridgehead atoms. The van der Waals surface area contributed by atoms with Crippen molar-refractivity contribution in [1.82, 2.24) is 10.2 Å². The van der Waals surface area contributed by atoms with Crippen LogP contribution >= 0.6 is 0 Å². The molecular weight excluding hydrogens is 269 g/mol. The van der Waals surface area contributed by atoms with E-state index in [1.54, 1.807) is 0 Å². The van der Waals surface area contributed by atoms with Crippen LogP contribution in [-0.2, 0) is 6.42 Å². The Bertz CT molecular complexity index is 765. The van der Waals surface area contributed by atoms with Gasteiger partial charge in [-0.15, -0.1) is 10.2 Å². The van der Waals surface area contributed by atoms with Gasteiger partial charge in [0, 0.05) is 5.69 Å². The van der Waals surface area contributed by atoms with Crippen molar-refractivity contribution in [2.75, 3.05) is 5.73 Å². The van der Waals surface area contributed by atoms with Gasteiger partial charge >= 0.3 is 0 Å². The first-order chi connectivity index (χ1) is 10.1. The van der Waals surface area contributed by atoms with Crippen molar-refractivity contribution in [1.29, 1.82) is 0 Å². The maximum Gasteiger partial charge on any atom is 0.250 e.